The quantitative estimate of drug-likeness (QED) is 0.464. The van der Waals surface area contributed by atoms with Crippen molar-refractivity contribution in [2.75, 3.05) is 0 Å². The summed E-state index contributed by atoms with van der Waals surface area (Å²) in [6, 6.07) is 16.1. The zero-order valence-corrected chi connectivity index (χ0v) is 16.5. The van der Waals surface area contributed by atoms with Gasteiger partial charge in [-0.3, -0.25) is 4.68 Å². The summed E-state index contributed by atoms with van der Waals surface area (Å²) in [6.45, 7) is 4.24. The van der Waals surface area contributed by atoms with E-state index in [0.717, 1.165) is 46.4 Å². The maximum atomic E-state index is 6.05. The molecule has 0 fully saturated rings. The number of halogens is 1. The van der Waals surface area contributed by atoms with Gasteiger partial charge in [-0.1, -0.05) is 54.8 Å². The predicted octanol–water partition coefficient (Wildman–Crippen LogP) is 5.61. The van der Waals surface area contributed by atoms with Crippen LogP contribution >= 0.6 is 11.6 Å². The first kappa shape index (κ1) is 17.7. The lowest BCUT2D eigenvalue weighted by Crippen LogP contribution is -1.98. The first-order valence-electron chi connectivity index (χ1n) is 9.13. The van der Waals surface area contributed by atoms with E-state index in [4.69, 9.17) is 26.7 Å². The van der Waals surface area contributed by atoms with E-state index in [1.807, 2.05) is 36.0 Å². The summed E-state index contributed by atoms with van der Waals surface area (Å²) in [6.07, 6.45) is 1.91. The molecule has 0 aliphatic rings. The maximum Gasteiger partial charge on any atom is 0.160 e. The van der Waals surface area contributed by atoms with E-state index in [0.29, 0.717) is 10.8 Å². The van der Waals surface area contributed by atoms with Crippen molar-refractivity contribution < 1.29 is 0 Å². The summed E-state index contributed by atoms with van der Waals surface area (Å²) >= 11 is 6.05. The monoisotopic (exact) mass is 376 g/mol. The average Bonchev–Trinajstić information content (AvgIpc) is 2.98. The number of nitrogens with zero attached hydrogens (tertiary/aromatic N) is 4. The van der Waals surface area contributed by atoms with Crippen LogP contribution in [0.4, 0.5) is 0 Å². The Balaban J connectivity index is 2.01. The molecule has 0 amide bonds. The normalized spacial score (nSPS) is 11.3. The summed E-state index contributed by atoms with van der Waals surface area (Å²) in [5.41, 5.74) is 7.05. The van der Waals surface area contributed by atoms with E-state index in [1.165, 1.54) is 5.56 Å². The molecule has 2 aromatic carbocycles. The van der Waals surface area contributed by atoms with E-state index in [2.05, 4.69) is 38.1 Å². The van der Waals surface area contributed by atoms with Crippen LogP contribution < -0.4 is 0 Å². The molecule has 0 saturated carbocycles. The van der Waals surface area contributed by atoms with Gasteiger partial charge in [-0.05, 0) is 37.6 Å². The van der Waals surface area contributed by atoms with Crippen LogP contribution in [0, 0.1) is 6.92 Å². The SMILES string of the molecule is CCCc1nn(C)c2c(-c3ccc(C)cc3)nc(-c3ccc(Cl)cc3)nc12. The summed E-state index contributed by atoms with van der Waals surface area (Å²) in [7, 11) is 1.96. The van der Waals surface area contributed by atoms with Crippen molar-refractivity contribution >= 4 is 22.6 Å². The first-order chi connectivity index (χ1) is 13.1. The van der Waals surface area contributed by atoms with Crippen molar-refractivity contribution in [1.29, 1.82) is 0 Å². The van der Waals surface area contributed by atoms with Crippen molar-refractivity contribution in [1.82, 2.24) is 19.7 Å². The molecular weight excluding hydrogens is 356 g/mol. The minimum Gasteiger partial charge on any atom is -0.264 e. The molecule has 0 aliphatic carbocycles. The van der Waals surface area contributed by atoms with Gasteiger partial charge in [-0.2, -0.15) is 5.10 Å². The molecule has 0 aliphatic heterocycles. The second-order valence-corrected chi connectivity index (χ2v) is 7.22. The van der Waals surface area contributed by atoms with Gasteiger partial charge in [-0.15, -0.1) is 0 Å². The Labute approximate surface area is 163 Å². The second-order valence-electron chi connectivity index (χ2n) is 6.79. The van der Waals surface area contributed by atoms with E-state index in [1.54, 1.807) is 0 Å². The fraction of sp³-hybridized carbons (Fsp3) is 0.227. The van der Waals surface area contributed by atoms with Gasteiger partial charge in [0.1, 0.15) is 16.7 Å². The van der Waals surface area contributed by atoms with Gasteiger partial charge < -0.3 is 0 Å². The minimum atomic E-state index is 0.695. The Hall–Kier alpha value is -2.72. The lowest BCUT2D eigenvalue weighted by Gasteiger charge is -2.09. The molecule has 0 spiro atoms. The summed E-state index contributed by atoms with van der Waals surface area (Å²) in [4.78, 5) is 9.80. The molecule has 0 bridgehead atoms. The van der Waals surface area contributed by atoms with Crippen molar-refractivity contribution in [3.05, 3.63) is 64.8 Å². The minimum absolute atomic E-state index is 0.695. The summed E-state index contributed by atoms with van der Waals surface area (Å²) in [5.74, 6) is 0.695. The van der Waals surface area contributed by atoms with Gasteiger partial charge in [0.15, 0.2) is 5.82 Å². The van der Waals surface area contributed by atoms with Gasteiger partial charge in [0.25, 0.3) is 0 Å². The molecule has 4 rings (SSSR count). The molecule has 4 aromatic rings. The lowest BCUT2D eigenvalue weighted by molar-refractivity contribution is 0.753. The van der Waals surface area contributed by atoms with Crippen LogP contribution in [0.25, 0.3) is 33.7 Å². The maximum absolute atomic E-state index is 6.05. The Morgan fingerprint density at radius 3 is 2.26 bits per heavy atom. The first-order valence-corrected chi connectivity index (χ1v) is 9.51. The molecule has 0 N–H and O–H groups in total. The molecule has 0 atom stereocenters. The van der Waals surface area contributed by atoms with Gasteiger partial charge in [0.05, 0.1) is 5.69 Å². The number of rotatable bonds is 4. The van der Waals surface area contributed by atoms with Crippen molar-refractivity contribution in [3.63, 3.8) is 0 Å². The van der Waals surface area contributed by atoms with Gasteiger partial charge in [0, 0.05) is 23.2 Å². The zero-order valence-electron chi connectivity index (χ0n) is 15.7. The Morgan fingerprint density at radius 1 is 0.926 bits per heavy atom. The van der Waals surface area contributed by atoms with Crippen LogP contribution in [-0.4, -0.2) is 19.7 Å². The second kappa shape index (κ2) is 7.12. The zero-order chi connectivity index (χ0) is 19.0. The van der Waals surface area contributed by atoms with Crippen LogP contribution in [0.3, 0.4) is 0 Å². The molecule has 4 nitrogen and oxygen atoms in total. The molecule has 27 heavy (non-hydrogen) atoms. The Kier molecular flexibility index (Phi) is 4.66. The molecule has 0 radical (unpaired) electrons. The van der Waals surface area contributed by atoms with Crippen LogP contribution in [0.1, 0.15) is 24.6 Å². The van der Waals surface area contributed by atoms with Gasteiger partial charge in [-0.25, -0.2) is 9.97 Å². The van der Waals surface area contributed by atoms with Crippen LogP contribution in [0.15, 0.2) is 48.5 Å². The molecule has 5 heteroatoms. The van der Waals surface area contributed by atoms with E-state index >= 15 is 0 Å². The van der Waals surface area contributed by atoms with Crippen molar-refractivity contribution in [2.24, 2.45) is 7.05 Å². The standard InChI is InChI=1S/C22H21ClN4/c1-4-5-18-20-21(27(3)26-18)19(15-8-6-14(2)7-9-15)24-22(25-20)16-10-12-17(23)13-11-16/h6-13H,4-5H2,1-3H3. The highest BCUT2D eigenvalue weighted by atomic mass is 35.5. The summed E-state index contributed by atoms with van der Waals surface area (Å²) in [5, 5.41) is 5.43. The molecule has 2 aromatic heterocycles. The van der Waals surface area contributed by atoms with Crippen LogP contribution in [0.2, 0.25) is 5.02 Å². The highest BCUT2D eigenvalue weighted by Crippen LogP contribution is 2.31. The average molecular weight is 377 g/mol. The van der Waals surface area contributed by atoms with Crippen LogP contribution in [-0.2, 0) is 13.5 Å². The third-order valence-electron chi connectivity index (χ3n) is 4.67. The van der Waals surface area contributed by atoms with Crippen molar-refractivity contribution in [2.45, 2.75) is 26.7 Å². The predicted molar refractivity (Wildman–Crippen MR) is 111 cm³/mol. The van der Waals surface area contributed by atoms with E-state index in [-0.39, 0.29) is 0 Å². The Bertz CT molecular complexity index is 1100. The molecule has 0 saturated heterocycles. The molecule has 2 heterocycles. The van der Waals surface area contributed by atoms with Gasteiger partial charge in [0.2, 0.25) is 0 Å². The topological polar surface area (TPSA) is 43.6 Å². The molecule has 136 valence electrons. The number of aromatic nitrogens is 4. The number of hydrogen-bond acceptors (Lipinski definition) is 3. The van der Waals surface area contributed by atoms with Crippen LogP contribution in [0.5, 0.6) is 0 Å². The summed E-state index contributed by atoms with van der Waals surface area (Å²) < 4.78 is 1.90. The number of hydrogen-bond donors (Lipinski definition) is 0. The lowest BCUT2D eigenvalue weighted by atomic mass is 10.1. The fourth-order valence-electron chi connectivity index (χ4n) is 3.29. The van der Waals surface area contributed by atoms with Crippen molar-refractivity contribution in [3.8, 4) is 22.6 Å². The third-order valence-corrected chi connectivity index (χ3v) is 4.92. The number of aryl methyl sites for hydroxylation is 3. The molecular formula is C22H21ClN4. The van der Waals surface area contributed by atoms with Gasteiger partial charge >= 0.3 is 0 Å². The number of benzene rings is 2. The van der Waals surface area contributed by atoms with E-state index in [9.17, 15) is 0 Å². The smallest absolute Gasteiger partial charge is 0.160 e. The highest BCUT2D eigenvalue weighted by Gasteiger charge is 2.18. The van der Waals surface area contributed by atoms with E-state index < -0.39 is 0 Å². The molecule has 0 unspecified atom stereocenters. The highest BCUT2D eigenvalue weighted by molar-refractivity contribution is 6.30. The third kappa shape index (κ3) is 3.33. The number of fused-ring (bicyclic) bond motifs is 1. The largest absolute Gasteiger partial charge is 0.264 e. The fourth-order valence-corrected chi connectivity index (χ4v) is 3.41. The Morgan fingerprint density at radius 2 is 1.59 bits per heavy atom.